The van der Waals surface area contributed by atoms with Crippen molar-refractivity contribution < 1.29 is 4.74 Å². The first-order chi connectivity index (χ1) is 8.15. The first-order valence-electron chi connectivity index (χ1n) is 5.41. The monoisotopic (exact) mass is 248 g/mol. The molecule has 1 aromatic carbocycles. The van der Waals surface area contributed by atoms with Crippen LogP contribution in [-0.2, 0) is 0 Å². The fourth-order valence-corrected chi connectivity index (χ4v) is 1.57. The number of benzene rings is 1. The molecule has 4 heteroatoms. The van der Waals surface area contributed by atoms with Gasteiger partial charge in [0.15, 0.2) is 5.82 Å². The summed E-state index contributed by atoms with van der Waals surface area (Å²) in [6.45, 7) is 3.99. The molecule has 0 bridgehead atoms. The molecule has 0 amide bonds. The van der Waals surface area contributed by atoms with Gasteiger partial charge in [0.1, 0.15) is 10.9 Å². The summed E-state index contributed by atoms with van der Waals surface area (Å²) in [5, 5.41) is 0.442. The molecule has 2 rings (SSSR count). The average Bonchev–Trinajstić information content (AvgIpc) is 2.29. The van der Waals surface area contributed by atoms with Gasteiger partial charge in [-0.1, -0.05) is 11.6 Å². The molecule has 2 aromatic rings. The van der Waals surface area contributed by atoms with E-state index in [2.05, 4.69) is 9.97 Å². The lowest BCUT2D eigenvalue weighted by atomic mass is 10.2. The highest BCUT2D eigenvalue weighted by Crippen LogP contribution is 2.20. The fraction of sp³-hybridized carbons (Fsp3) is 0.231. The number of rotatable bonds is 3. The number of hydrogen-bond donors (Lipinski definition) is 0. The second-order valence-corrected chi connectivity index (χ2v) is 4.28. The maximum Gasteiger partial charge on any atom is 0.160 e. The Labute approximate surface area is 105 Å². The highest BCUT2D eigenvalue weighted by Gasteiger charge is 2.03. The van der Waals surface area contributed by atoms with Crippen LogP contribution < -0.4 is 4.74 Å². The highest BCUT2D eigenvalue weighted by molar-refractivity contribution is 6.29. The first-order valence-corrected chi connectivity index (χ1v) is 5.78. The zero-order chi connectivity index (χ0) is 12.3. The number of aromatic nitrogens is 2. The van der Waals surface area contributed by atoms with Crippen molar-refractivity contribution in [2.45, 2.75) is 20.0 Å². The molecular weight excluding hydrogens is 236 g/mol. The summed E-state index contributed by atoms with van der Waals surface area (Å²) in [4.78, 5) is 8.31. The Hall–Kier alpha value is -1.61. The van der Waals surface area contributed by atoms with Gasteiger partial charge in [-0.15, -0.1) is 0 Å². The topological polar surface area (TPSA) is 35.0 Å². The third-order valence-corrected chi connectivity index (χ3v) is 2.32. The molecule has 1 heterocycles. The predicted octanol–water partition coefficient (Wildman–Crippen LogP) is 3.58. The van der Waals surface area contributed by atoms with Crippen LogP contribution in [0.3, 0.4) is 0 Å². The van der Waals surface area contributed by atoms with Crippen LogP contribution in [-0.4, -0.2) is 16.1 Å². The standard InChI is InChI=1S/C13H13ClN2O/c1-9(2)17-11-5-3-10(4-6-11)13-15-8-7-12(14)16-13/h3-9H,1-2H3. The quantitative estimate of drug-likeness (QED) is 0.779. The van der Waals surface area contributed by atoms with E-state index in [4.69, 9.17) is 16.3 Å². The normalized spacial score (nSPS) is 10.6. The van der Waals surface area contributed by atoms with Crippen LogP contribution in [0.5, 0.6) is 5.75 Å². The molecule has 3 nitrogen and oxygen atoms in total. The summed E-state index contributed by atoms with van der Waals surface area (Å²) in [6, 6.07) is 9.30. The van der Waals surface area contributed by atoms with Crippen LogP contribution in [0.15, 0.2) is 36.5 Å². The number of halogens is 1. The Morgan fingerprint density at radius 1 is 1.12 bits per heavy atom. The zero-order valence-electron chi connectivity index (χ0n) is 9.72. The van der Waals surface area contributed by atoms with Gasteiger partial charge in [0.25, 0.3) is 0 Å². The van der Waals surface area contributed by atoms with Crippen molar-refractivity contribution in [1.82, 2.24) is 9.97 Å². The van der Waals surface area contributed by atoms with Gasteiger partial charge in [-0.2, -0.15) is 0 Å². The van der Waals surface area contributed by atoms with Gasteiger partial charge < -0.3 is 4.74 Å². The van der Waals surface area contributed by atoms with Crippen molar-refractivity contribution >= 4 is 11.6 Å². The SMILES string of the molecule is CC(C)Oc1ccc(-c2nccc(Cl)n2)cc1. The Morgan fingerprint density at radius 2 is 1.82 bits per heavy atom. The van der Waals surface area contributed by atoms with E-state index in [1.807, 2.05) is 38.1 Å². The average molecular weight is 249 g/mol. The second kappa shape index (κ2) is 5.15. The molecule has 0 spiro atoms. The maximum atomic E-state index is 5.82. The highest BCUT2D eigenvalue weighted by atomic mass is 35.5. The summed E-state index contributed by atoms with van der Waals surface area (Å²) in [5.41, 5.74) is 0.920. The third kappa shape index (κ3) is 3.17. The zero-order valence-corrected chi connectivity index (χ0v) is 10.5. The predicted molar refractivity (Wildman–Crippen MR) is 68.2 cm³/mol. The van der Waals surface area contributed by atoms with E-state index in [-0.39, 0.29) is 6.10 Å². The van der Waals surface area contributed by atoms with Crippen molar-refractivity contribution in [3.8, 4) is 17.1 Å². The lowest BCUT2D eigenvalue weighted by molar-refractivity contribution is 0.242. The van der Waals surface area contributed by atoms with E-state index >= 15 is 0 Å². The summed E-state index contributed by atoms with van der Waals surface area (Å²) < 4.78 is 5.56. The van der Waals surface area contributed by atoms with Crippen molar-refractivity contribution in [3.05, 3.63) is 41.7 Å². The van der Waals surface area contributed by atoms with Crippen molar-refractivity contribution in [3.63, 3.8) is 0 Å². The van der Waals surface area contributed by atoms with Crippen LogP contribution in [0.1, 0.15) is 13.8 Å². The van der Waals surface area contributed by atoms with Crippen molar-refractivity contribution in [2.75, 3.05) is 0 Å². The lowest BCUT2D eigenvalue weighted by Gasteiger charge is -2.09. The minimum atomic E-state index is 0.170. The minimum Gasteiger partial charge on any atom is -0.491 e. The molecule has 0 N–H and O–H groups in total. The van der Waals surface area contributed by atoms with E-state index in [1.165, 1.54) is 0 Å². The largest absolute Gasteiger partial charge is 0.491 e. The first kappa shape index (κ1) is 11.9. The van der Waals surface area contributed by atoms with Gasteiger partial charge in [0, 0.05) is 11.8 Å². The Bertz CT molecular complexity index is 497. The lowest BCUT2D eigenvalue weighted by Crippen LogP contribution is -2.05. The van der Waals surface area contributed by atoms with Crippen LogP contribution in [0.25, 0.3) is 11.4 Å². The summed E-state index contributed by atoms with van der Waals surface area (Å²) in [6.07, 6.45) is 1.81. The van der Waals surface area contributed by atoms with Crippen LogP contribution in [0.2, 0.25) is 5.15 Å². The van der Waals surface area contributed by atoms with Crippen LogP contribution in [0.4, 0.5) is 0 Å². The molecule has 88 valence electrons. The smallest absolute Gasteiger partial charge is 0.160 e. The molecule has 0 aliphatic carbocycles. The molecule has 0 aliphatic rings. The summed E-state index contributed by atoms with van der Waals surface area (Å²) >= 11 is 5.82. The van der Waals surface area contributed by atoms with E-state index in [0.717, 1.165) is 11.3 Å². The second-order valence-electron chi connectivity index (χ2n) is 3.89. The minimum absolute atomic E-state index is 0.170. The van der Waals surface area contributed by atoms with Crippen LogP contribution >= 0.6 is 11.6 Å². The molecule has 0 radical (unpaired) electrons. The molecule has 0 unspecified atom stereocenters. The van der Waals surface area contributed by atoms with Crippen LogP contribution in [0, 0.1) is 0 Å². The molecule has 17 heavy (non-hydrogen) atoms. The van der Waals surface area contributed by atoms with Gasteiger partial charge in [-0.3, -0.25) is 0 Å². The third-order valence-electron chi connectivity index (χ3n) is 2.11. The molecule has 0 saturated carbocycles. The van der Waals surface area contributed by atoms with Gasteiger partial charge >= 0.3 is 0 Å². The van der Waals surface area contributed by atoms with E-state index in [0.29, 0.717) is 11.0 Å². The van der Waals surface area contributed by atoms with Gasteiger partial charge in [-0.05, 0) is 44.2 Å². The van der Waals surface area contributed by atoms with E-state index in [9.17, 15) is 0 Å². The summed E-state index contributed by atoms with van der Waals surface area (Å²) in [5.74, 6) is 1.46. The maximum absolute atomic E-state index is 5.82. The molecule has 0 fully saturated rings. The van der Waals surface area contributed by atoms with Crippen molar-refractivity contribution in [1.29, 1.82) is 0 Å². The van der Waals surface area contributed by atoms with Gasteiger partial charge in [0.05, 0.1) is 6.10 Å². The molecule has 0 saturated heterocycles. The van der Waals surface area contributed by atoms with Gasteiger partial charge in [-0.25, -0.2) is 9.97 Å². The molecule has 1 aromatic heterocycles. The molecule has 0 atom stereocenters. The van der Waals surface area contributed by atoms with Crippen molar-refractivity contribution in [2.24, 2.45) is 0 Å². The Kier molecular flexibility index (Phi) is 3.59. The number of hydrogen-bond acceptors (Lipinski definition) is 3. The van der Waals surface area contributed by atoms with E-state index in [1.54, 1.807) is 12.3 Å². The van der Waals surface area contributed by atoms with E-state index < -0.39 is 0 Å². The number of ether oxygens (including phenoxy) is 1. The fourth-order valence-electron chi connectivity index (χ4n) is 1.43. The Morgan fingerprint density at radius 3 is 2.41 bits per heavy atom. The van der Waals surface area contributed by atoms with Gasteiger partial charge in [0.2, 0.25) is 0 Å². The molecular formula is C13H13ClN2O. The molecule has 0 aliphatic heterocycles. The summed E-state index contributed by atoms with van der Waals surface area (Å²) in [7, 11) is 0. The Balaban J connectivity index is 2.23. The number of nitrogens with zero attached hydrogens (tertiary/aromatic N) is 2.